The molecule has 0 atom stereocenters. The van der Waals surface area contributed by atoms with Crippen LogP contribution in [0.4, 0.5) is 30.7 Å². The highest BCUT2D eigenvalue weighted by molar-refractivity contribution is 7.17. The van der Waals surface area contributed by atoms with E-state index in [0.29, 0.717) is 4.40 Å². The Labute approximate surface area is 171 Å². The molecule has 0 aliphatic heterocycles. The minimum absolute atomic E-state index is 0.0759. The summed E-state index contributed by atoms with van der Waals surface area (Å²) in [6, 6.07) is 5.53. The largest absolute Gasteiger partial charge is 0.487 e. The molecule has 3 aromatic rings. The van der Waals surface area contributed by atoms with Crippen molar-refractivity contribution < 1.29 is 40.3 Å². The van der Waals surface area contributed by atoms with E-state index in [1.807, 2.05) is 0 Å². The SMILES string of the molecule is O=C(NCC(F)(F)F)c1c(C(F)(F)F)sc2nc(COc3ccc(F)cc3)cc(=O)n12. The lowest BCUT2D eigenvalue weighted by molar-refractivity contribution is -0.134. The van der Waals surface area contributed by atoms with Crippen molar-refractivity contribution >= 4 is 22.2 Å². The number of hydrogen-bond acceptors (Lipinski definition) is 5. The number of nitrogens with one attached hydrogen (secondary N) is 1. The molecule has 6 nitrogen and oxygen atoms in total. The summed E-state index contributed by atoms with van der Waals surface area (Å²) >= 11 is -0.0759. The van der Waals surface area contributed by atoms with Gasteiger partial charge in [0.1, 0.15) is 35.3 Å². The number of carbonyl (C=O) groups excluding carboxylic acids is 1. The number of benzene rings is 1. The first-order valence-corrected chi connectivity index (χ1v) is 9.03. The van der Waals surface area contributed by atoms with Crippen LogP contribution in [0.25, 0.3) is 4.96 Å². The second kappa shape index (κ2) is 8.17. The van der Waals surface area contributed by atoms with Crippen LogP contribution in [0.2, 0.25) is 0 Å². The summed E-state index contributed by atoms with van der Waals surface area (Å²) in [4.78, 5) is 26.1. The van der Waals surface area contributed by atoms with Gasteiger partial charge in [-0.2, -0.15) is 26.3 Å². The van der Waals surface area contributed by atoms with Crippen molar-refractivity contribution in [3.05, 3.63) is 62.8 Å². The molecule has 0 radical (unpaired) electrons. The van der Waals surface area contributed by atoms with Gasteiger partial charge in [-0.3, -0.25) is 9.59 Å². The fourth-order valence-corrected chi connectivity index (χ4v) is 3.46. The molecule has 14 heteroatoms. The van der Waals surface area contributed by atoms with Gasteiger partial charge >= 0.3 is 12.4 Å². The van der Waals surface area contributed by atoms with Gasteiger partial charge in [0.2, 0.25) is 0 Å². The lowest BCUT2D eigenvalue weighted by Crippen LogP contribution is -2.36. The molecule has 0 unspecified atom stereocenters. The monoisotopic (exact) mass is 469 g/mol. The van der Waals surface area contributed by atoms with E-state index in [2.05, 4.69) is 4.98 Å². The molecule has 1 N–H and O–H groups in total. The van der Waals surface area contributed by atoms with Gasteiger partial charge in [-0.15, -0.1) is 0 Å². The minimum atomic E-state index is -5.12. The molecule has 0 saturated carbocycles. The van der Waals surface area contributed by atoms with E-state index in [-0.39, 0.29) is 29.4 Å². The summed E-state index contributed by atoms with van der Waals surface area (Å²) in [5, 5.41) is 1.32. The van der Waals surface area contributed by atoms with E-state index in [1.54, 1.807) is 0 Å². The number of halogens is 7. The van der Waals surface area contributed by atoms with Crippen molar-refractivity contribution in [2.45, 2.75) is 19.0 Å². The van der Waals surface area contributed by atoms with E-state index in [0.717, 1.165) is 18.2 Å². The van der Waals surface area contributed by atoms with Crippen LogP contribution in [-0.2, 0) is 12.8 Å². The molecule has 166 valence electrons. The average Bonchev–Trinajstić information content (AvgIpc) is 3.06. The number of ether oxygens (including phenoxy) is 1. The van der Waals surface area contributed by atoms with Crippen LogP contribution < -0.4 is 15.6 Å². The Bertz CT molecular complexity index is 1170. The van der Waals surface area contributed by atoms with Crippen LogP contribution in [0.1, 0.15) is 21.1 Å². The lowest BCUT2D eigenvalue weighted by Gasteiger charge is -2.10. The normalized spacial score (nSPS) is 12.2. The smallest absolute Gasteiger partial charge is 0.427 e. The molecule has 0 spiro atoms. The fraction of sp³-hybridized carbons (Fsp3) is 0.235. The summed E-state index contributed by atoms with van der Waals surface area (Å²) in [7, 11) is 0. The maximum atomic E-state index is 13.4. The summed E-state index contributed by atoms with van der Waals surface area (Å²) in [6.07, 6.45) is -9.99. The van der Waals surface area contributed by atoms with Gasteiger partial charge in [0.05, 0.1) is 5.69 Å². The third-order valence-electron chi connectivity index (χ3n) is 3.70. The molecule has 1 amide bonds. The van der Waals surface area contributed by atoms with Gasteiger partial charge in [-0.05, 0) is 24.3 Å². The standard InChI is InChI=1S/C17H10F7N3O3S/c18-8-1-3-10(4-2-8)30-6-9-5-11(28)27-12(14(29)25-7-16(19,20)21)13(17(22,23)24)31-15(27)26-9/h1-5H,6-7H2,(H,25,29). The summed E-state index contributed by atoms with van der Waals surface area (Å²) in [6.45, 7) is -2.25. The molecule has 0 aliphatic rings. The number of fused-ring (bicyclic) bond motifs is 1. The highest BCUT2D eigenvalue weighted by atomic mass is 32.1. The molecule has 2 heterocycles. The Balaban J connectivity index is 1.98. The molecular weight excluding hydrogens is 459 g/mol. The number of amides is 1. The van der Waals surface area contributed by atoms with Gasteiger partial charge < -0.3 is 10.1 Å². The van der Waals surface area contributed by atoms with Crippen LogP contribution in [0.5, 0.6) is 5.75 Å². The van der Waals surface area contributed by atoms with Crippen molar-refractivity contribution in [3.8, 4) is 5.75 Å². The minimum Gasteiger partial charge on any atom is -0.487 e. The average molecular weight is 469 g/mol. The van der Waals surface area contributed by atoms with E-state index in [4.69, 9.17) is 4.74 Å². The highest BCUT2D eigenvalue weighted by Crippen LogP contribution is 2.37. The Morgan fingerprint density at radius 1 is 1.13 bits per heavy atom. The number of aromatic nitrogens is 2. The van der Waals surface area contributed by atoms with E-state index >= 15 is 0 Å². The van der Waals surface area contributed by atoms with Crippen molar-refractivity contribution in [1.82, 2.24) is 14.7 Å². The van der Waals surface area contributed by atoms with Gasteiger partial charge in [0.25, 0.3) is 11.5 Å². The second-order valence-corrected chi connectivity index (χ2v) is 7.00. The van der Waals surface area contributed by atoms with E-state index in [1.165, 1.54) is 17.4 Å². The van der Waals surface area contributed by atoms with Crippen molar-refractivity contribution in [2.75, 3.05) is 6.54 Å². The molecule has 31 heavy (non-hydrogen) atoms. The zero-order valence-electron chi connectivity index (χ0n) is 15.0. The molecule has 0 aliphatic carbocycles. The maximum absolute atomic E-state index is 13.4. The van der Waals surface area contributed by atoms with E-state index < -0.39 is 51.7 Å². The van der Waals surface area contributed by atoms with E-state index in [9.17, 15) is 40.3 Å². The second-order valence-electron chi connectivity index (χ2n) is 6.02. The predicted molar refractivity (Wildman–Crippen MR) is 93.5 cm³/mol. The van der Waals surface area contributed by atoms with Crippen LogP contribution in [-0.4, -0.2) is 28.0 Å². The summed E-state index contributed by atoms with van der Waals surface area (Å²) in [5.74, 6) is -2.06. The van der Waals surface area contributed by atoms with Crippen LogP contribution in [0.3, 0.4) is 0 Å². The molecule has 2 aromatic heterocycles. The predicted octanol–water partition coefficient (Wildman–Crippen LogP) is 3.79. The molecular formula is C17H10F7N3O3S. The topological polar surface area (TPSA) is 72.7 Å². The first-order chi connectivity index (χ1) is 14.3. The Hall–Kier alpha value is -3.16. The Morgan fingerprint density at radius 2 is 1.77 bits per heavy atom. The molecule has 3 rings (SSSR count). The van der Waals surface area contributed by atoms with Crippen LogP contribution in [0.15, 0.2) is 35.1 Å². The zero-order valence-corrected chi connectivity index (χ0v) is 15.8. The third-order valence-corrected chi connectivity index (χ3v) is 4.78. The summed E-state index contributed by atoms with van der Waals surface area (Å²) < 4.78 is 95.6. The molecule has 0 fully saturated rings. The third kappa shape index (κ3) is 5.31. The number of thiazole rings is 1. The molecule has 0 bridgehead atoms. The first-order valence-electron chi connectivity index (χ1n) is 8.21. The first kappa shape index (κ1) is 22.5. The quantitative estimate of drug-likeness (QED) is 0.578. The highest BCUT2D eigenvalue weighted by Gasteiger charge is 2.41. The summed E-state index contributed by atoms with van der Waals surface area (Å²) in [5.41, 5.74) is -2.52. The Morgan fingerprint density at radius 3 is 2.35 bits per heavy atom. The Kier molecular flexibility index (Phi) is 5.93. The van der Waals surface area contributed by atoms with Gasteiger partial charge in [0, 0.05) is 6.07 Å². The van der Waals surface area contributed by atoms with Crippen LogP contribution >= 0.6 is 11.3 Å². The number of carbonyl (C=O) groups is 1. The van der Waals surface area contributed by atoms with Crippen molar-refractivity contribution in [2.24, 2.45) is 0 Å². The van der Waals surface area contributed by atoms with Gasteiger partial charge in [-0.25, -0.2) is 13.8 Å². The lowest BCUT2D eigenvalue weighted by atomic mass is 10.3. The number of nitrogens with zero attached hydrogens (tertiary/aromatic N) is 2. The zero-order chi connectivity index (χ0) is 23.0. The van der Waals surface area contributed by atoms with Crippen molar-refractivity contribution in [1.29, 1.82) is 0 Å². The fourth-order valence-electron chi connectivity index (χ4n) is 2.44. The van der Waals surface area contributed by atoms with Gasteiger partial charge in [-0.1, -0.05) is 11.3 Å². The van der Waals surface area contributed by atoms with Gasteiger partial charge in [0.15, 0.2) is 4.96 Å². The van der Waals surface area contributed by atoms with Crippen molar-refractivity contribution in [3.63, 3.8) is 0 Å². The number of hydrogen-bond donors (Lipinski definition) is 1. The number of rotatable bonds is 5. The number of alkyl halides is 6. The maximum Gasteiger partial charge on any atom is 0.427 e. The molecule has 0 saturated heterocycles. The molecule has 1 aromatic carbocycles. The van der Waals surface area contributed by atoms with Crippen LogP contribution in [0, 0.1) is 5.82 Å².